The molecule has 0 amide bonds. The fourth-order valence-corrected chi connectivity index (χ4v) is 1.82. The van der Waals surface area contributed by atoms with Gasteiger partial charge in [0.05, 0.1) is 0 Å². The summed E-state index contributed by atoms with van der Waals surface area (Å²) < 4.78 is 0. The molecule has 0 radical (unpaired) electrons. The van der Waals surface area contributed by atoms with Gasteiger partial charge < -0.3 is 10.0 Å². The van der Waals surface area contributed by atoms with Crippen LogP contribution in [0, 0.1) is 0 Å². The van der Waals surface area contributed by atoms with Crippen molar-refractivity contribution in [2.45, 2.75) is 6.54 Å². The topological polar surface area (TPSA) is 23.5 Å². The van der Waals surface area contributed by atoms with Crippen LogP contribution in [0.1, 0.15) is 5.56 Å². The largest absolute Gasteiger partial charge is 0.507 e. The highest BCUT2D eigenvalue weighted by Gasteiger charge is 2.04. The maximum absolute atomic E-state index is 9.72. The summed E-state index contributed by atoms with van der Waals surface area (Å²) in [7, 11) is 4.09. The Bertz CT molecular complexity index is 477. The zero-order valence-electron chi connectivity index (χ0n) is 9.07. The highest BCUT2D eigenvalue weighted by atomic mass is 16.3. The Hall–Kier alpha value is -1.54. The molecule has 2 heteroatoms. The molecule has 2 aromatic carbocycles. The zero-order valence-corrected chi connectivity index (χ0v) is 9.07. The number of hydrogen-bond acceptors (Lipinski definition) is 2. The van der Waals surface area contributed by atoms with Gasteiger partial charge >= 0.3 is 0 Å². The lowest BCUT2D eigenvalue weighted by molar-refractivity contribution is 0.404. The lowest BCUT2D eigenvalue weighted by Crippen LogP contribution is -2.10. The van der Waals surface area contributed by atoms with Gasteiger partial charge in [0, 0.05) is 11.9 Å². The van der Waals surface area contributed by atoms with Gasteiger partial charge in [-0.05, 0) is 31.1 Å². The summed E-state index contributed by atoms with van der Waals surface area (Å²) in [5, 5.41) is 11.8. The van der Waals surface area contributed by atoms with Crippen LogP contribution in [-0.2, 0) is 6.54 Å². The highest BCUT2D eigenvalue weighted by Crippen LogP contribution is 2.27. The second-order valence-corrected chi connectivity index (χ2v) is 4.03. The Morgan fingerprint density at radius 3 is 2.33 bits per heavy atom. The van der Waals surface area contributed by atoms with Crippen molar-refractivity contribution in [3.63, 3.8) is 0 Å². The molecule has 0 atom stereocenters. The summed E-state index contributed by atoms with van der Waals surface area (Å²) in [6.07, 6.45) is 0. The maximum Gasteiger partial charge on any atom is 0.123 e. The van der Waals surface area contributed by atoms with E-state index in [9.17, 15) is 5.11 Å². The van der Waals surface area contributed by atoms with E-state index in [1.165, 1.54) is 5.56 Å². The average Bonchev–Trinajstić information content (AvgIpc) is 2.22. The van der Waals surface area contributed by atoms with Gasteiger partial charge in [0.1, 0.15) is 5.75 Å². The Labute approximate surface area is 89.8 Å². The predicted molar refractivity (Wildman–Crippen MR) is 63.0 cm³/mol. The number of aromatic hydroxyl groups is 1. The fraction of sp³-hybridized carbons (Fsp3) is 0.231. The van der Waals surface area contributed by atoms with Crippen molar-refractivity contribution in [1.82, 2.24) is 4.90 Å². The number of fused-ring (bicyclic) bond motifs is 1. The minimum Gasteiger partial charge on any atom is -0.507 e. The van der Waals surface area contributed by atoms with E-state index in [0.29, 0.717) is 5.75 Å². The van der Waals surface area contributed by atoms with Gasteiger partial charge in [-0.1, -0.05) is 30.3 Å². The smallest absolute Gasteiger partial charge is 0.123 e. The van der Waals surface area contributed by atoms with Crippen molar-refractivity contribution in [1.29, 1.82) is 0 Å². The van der Waals surface area contributed by atoms with Crippen LogP contribution in [-0.4, -0.2) is 24.1 Å². The number of phenols is 1. The van der Waals surface area contributed by atoms with Crippen LogP contribution in [0.4, 0.5) is 0 Å². The summed E-state index contributed by atoms with van der Waals surface area (Å²) in [6.45, 7) is 0.890. The van der Waals surface area contributed by atoms with Crippen molar-refractivity contribution in [2.75, 3.05) is 14.1 Å². The van der Waals surface area contributed by atoms with E-state index in [0.717, 1.165) is 17.3 Å². The van der Waals surface area contributed by atoms with Gasteiger partial charge in [0.2, 0.25) is 0 Å². The van der Waals surface area contributed by atoms with Crippen molar-refractivity contribution in [2.24, 2.45) is 0 Å². The molecule has 15 heavy (non-hydrogen) atoms. The van der Waals surface area contributed by atoms with Crippen LogP contribution >= 0.6 is 0 Å². The molecule has 0 aliphatic carbocycles. The van der Waals surface area contributed by atoms with Crippen molar-refractivity contribution in [3.8, 4) is 5.75 Å². The zero-order chi connectivity index (χ0) is 10.8. The van der Waals surface area contributed by atoms with E-state index < -0.39 is 0 Å². The van der Waals surface area contributed by atoms with Gasteiger partial charge in [-0.25, -0.2) is 0 Å². The minimum atomic E-state index is 0.355. The molecule has 0 spiro atoms. The number of benzene rings is 2. The molecule has 0 heterocycles. The first-order valence-corrected chi connectivity index (χ1v) is 5.03. The molecule has 0 fully saturated rings. The molecule has 2 nitrogen and oxygen atoms in total. The minimum absolute atomic E-state index is 0.355. The molecule has 78 valence electrons. The average molecular weight is 201 g/mol. The van der Waals surface area contributed by atoms with Gasteiger partial charge in [0.15, 0.2) is 0 Å². The Morgan fingerprint density at radius 2 is 1.67 bits per heavy atom. The number of nitrogens with zero attached hydrogens (tertiary/aromatic N) is 1. The monoisotopic (exact) mass is 201 g/mol. The molecule has 0 bridgehead atoms. The Kier molecular flexibility index (Phi) is 2.60. The van der Waals surface area contributed by atoms with Crippen molar-refractivity contribution in [3.05, 3.63) is 42.0 Å². The molecule has 0 aliphatic heterocycles. The molecule has 2 rings (SSSR count). The molecule has 0 saturated heterocycles. The summed E-state index contributed by atoms with van der Waals surface area (Å²) in [5.41, 5.74) is 1.24. The number of phenolic OH excluding ortho intramolecular Hbond substituents is 1. The molecule has 0 aliphatic rings. The van der Waals surface area contributed by atoms with Crippen LogP contribution in [0.25, 0.3) is 10.8 Å². The fourth-order valence-electron chi connectivity index (χ4n) is 1.82. The van der Waals surface area contributed by atoms with E-state index in [1.807, 2.05) is 44.4 Å². The van der Waals surface area contributed by atoms with Gasteiger partial charge in [-0.15, -0.1) is 0 Å². The highest BCUT2D eigenvalue weighted by molar-refractivity contribution is 5.90. The summed E-state index contributed by atoms with van der Waals surface area (Å²) in [4.78, 5) is 2.12. The summed E-state index contributed by atoms with van der Waals surface area (Å²) >= 11 is 0. The first kappa shape index (κ1) is 9.99. The Morgan fingerprint density at radius 1 is 1.00 bits per heavy atom. The standard InChI is InChI=1S/C13H15NO/c1-14(2)9-10-7-8-13(15)12-6-4-3-5-11(10)12/h3-8,15H,9H2,1-2H3. The van der Waals surface area contributed by atoms with Crippen LogP contribution in [0.5, 0.6) is 5.75 Å². The number of hydrogen-bond donors (Lipinski definition) is 1. The first-order valence-electron chi connectivity index (χ1n) is 5.03. The summed E-state index contributed by atoms with van der Waals surface area (Å²) in [6, 6.07) is 11.7. The van der Waals surface area contributed by atoms with Crippen LogP contribution in [0.15, 0.2) is 36.4 Å². The van der Waals surface area contributed by atoms with Gasteiger partial charge in [0.25, 0.3) is 0 Å². The third kappa shape index (κ3) is 1.95. The quantitative estimate of drug-likeness (QED) is 0.807. The van der Waals surface area contributed by atoms with E-state index in [-0.39, 0.29) is 0 Å². The molecule has 2 aromatic rings. The molecule has 1 N–H and O–H groups in total. The van der Waals surface area contributed by atoms with Crippen LogP contribution < -0.4 is 0 Å². The van der Waals surface area contributed by atoms with E-state index in [1.54, 1.807) is 6.07 Å². The predicted octanol–water partition coefficient (Wildman–Crippen LogP) is 2.61. The number of rotatable bonds is 2. The first-order chi connectivity index (χ1) is 7.18. The maximum atomic E-state index is 9.72. The molecular weight excluding hydrogens is 186 g/mol. The molecule has 0 aromatic heterocycles. The van der Waals surface area contributed by atoms with Gasteiger partial charge in [-0.2, -0.15) is 0 Å². The lowest BCUT2D eigenvalue weighted by atomic mass is 10.0. The van der Waals surface area contributed by atoms with E-state index >= 15 is 0 Å². The van der Waals surface area contributed by atoms with Crippen LogP contribution in [0.2, 0.25) is 0 Å². The van der Waals surface area contributed by atoms with Gasteiger partial charge in [-0.3, -0.25) is 0 Å². The van der Waals surface area contributed by atoms with Crippen molar-refractivity contribution >= 4 is 10.8 Å². The summed E-state index contributed by atoms with van der Waals surface area (Å²) in [5.74, 6) is 0.355. The Balaban J connectivity index is 2.61. The SMILES string of the molecule is CN(C)Cc1ccc(O)c2ccccc12. The van der Waals surface area contributed by atoms with E-state index in [2.05, 4.69) is 4.90 Å². The molecular formula is C13H15NO. The van der Waals surface area contributed by atoms with E-state index in [4.69, 9.17) is 0 Å². The third-order valence-electron chi connectivity index (χ3n) is 2.48. The second-order valence-electron chi connectivity index (χ2n) is 4.03. The van der Waals surface area contributed by atoms with Crippen LogP contribution in [0.3, 0.4) is 0 Å². The molecule has 0 saturated carbocycles. The lowest BCUT2D eigenvalue weighted by Gasteiger charge is -2.12. The second kappa shape index (κ2) is 3.91. The third-order valence-corrected chi connectivity index (χ3v) is 2.48. The molecule has 0 unspecified atom stereocenters. The normalized spacial score (nSPS) is 11.1. The van der Waals surface area contributed by atoms with Crippen molar-refractivity contribution < 1.29 is 5.11 Å².